The van der Waals surface area contributed by atoms with Crippen molar-refractivity contribution in [3.63, 3.8) is 0 Å². The van der Waals surface area contributed by atoms with Crippen molar-refractivity contribution in [2.75, 3.05) is 11.1 Å². The number of hydrogen-bond acceptors (Lipinski definition) is 5. The molecule has 0 aliphatic carbocycles. The molecular weight excluding hydrogens is 373 g/mol. The third kappa shape index (κ3) is 4.98. The van der Waals surface area contributed by atoms with Crippen molar-refractivity contribution in [1.29, 1.82) is 0 Å². The van der Waals surface area contributed by atoms with Crippen LogP contribution in [-0.2, 0) is 14.4 Å². The first-order valence-corrected chi connectivity index (χ1v) is 9.03. The summed E-state index contributed by atoms with van der Waals surface area (Å²) in [6, 6.07) is 13.0. The lowest BCUT2D eigenvalue weighted by atomic mass is 10.1. The van der Waals surface area contributed by atoms with Gasteiger partial charge in [-0.15, -0.1) is 11.8 Å². The van der Waals surface area contributed by atoms with Gasteiger partial charge in [-0.2, -0.15) is 0 Å². The van der Waals surface area contributed by atoms with Crippen LogP contribution in [0.1, 0.15) is 6.42 Å². The summed E-state index contributed by atoms with van der Waals surface area (Å²) in [6.07, 6.45) is -1.26. The number of benzene rings is 2. The smallest absolute Gasteiger partial charge is 0.266 e. The van der Waals surface area contributed by atoms with E-state index in [-0.39, 0.29) is 12.2 Å². The highest BCUT2D eigenvalue weighted by molar-refractivity contribution is 8.00. The van der Waals surface area contributed by atoms with Gasteiger partial charge in [0.2, 0.25) is 11.8 Å². The van der Waals surface area contributed by atoms with Crippen LogP contribution in [-0.4, -0.2) is 29.6 Å². The van der Waals surface area contributed by atoms with Crippen molar-refractivity contribution in [2.24, 2.45) is 0 Å². The summed E-state index contributed by atoms with van der Waals surface area (Å²) in [4.78, 5) is 36.0. The van der Waals surface area contributed by atoms with Crippen LogP contribution in [0.5, 0.6) is 5.75 Å². The molecule has 0 saturated heterocycles. The normalized spacial score (nSPS) is 15.1. The number of fused-ring (bicyclic) bond motifs is 1. The maximum atomic E-state index is 13.5. The topological polar surface area (TPSA) is 96.5 Å². The van der Waals surface area contributed by atoms with E-state index >= 15 is 0 Å². The summed E-state index contributed by atoms with van der Waals surface area (Å²) in [5.74, 6) is -1.55. The average Bonchev–Trinajstić information content (AvgIpc) is 2.66. The molecule has 27 heavy (non-hydrogen) atoms. The summed E-state index contributed by atoms with van der Waals surface area (Å²) in [6.45, 7) is 0. The van der Waals surface area contributed by atoms with Crippen LogP contribution in [0.4, 0.5) is 10.1 Å². The SMILES string of the molecule is O=C(CSc1ccccc1F)NNC(=O)C[C@H]1Oc2ccccc2NC1=O. The van der Waals surface area contributed by atoms with Crippen molar-refractivity contribution in [3.8, 4) is 5.75 Å². The molecule has 1 atom stereocenters. The van der Waals surface area contributed by atoms with Gasteiger partial charge in [0.1, 0.15) is 11.6 Å². The first-order valence-electron chi connectivity index (χ1n) is 8.04. The van der Waals surface area contributed by atoms with Gasteiger partial charge in [0, 0.05) is 4.90 Å². The number of hydrogen-bond donors (Lipinski definition) is 3. The maximum absolute atomic E-state index is 13.5. The summed E-state index contributed by atoms with van der Waals surface area (Å²) in [7, 11) is 0. The van der Waals surface area contributed by atoms with Crippen molar-refractivity contribution >= 4 is 35.2 Å². The molecule has 7 nitrogen and oxygen atoms in total. The van der Waals surface area contributed by atoms with E-state index in [4.69, 9.17) is 4.74 Å². The van der Waals surface area contributed by atoms with Gasteiger partial charge in [0.25, 0.3) is 5.91 Å². The predicted octanol–water partition coefficient (Wildman–Crippen LogP) is 1.85. The second kappa shape index (κ2) is 8.54. The van der Waals surface area contributed by atoms with Crippen LogP contribution in [0.15, 0.2) is 53.4 Å². The van der Waals surface area contributed by atoms with Gasteiger partial charge in [0.15, 0.2) is 6.10 Å². The van der Waals surface area contributed by atoms with Crippen LogP contribution in [0.25, 0.3) is 0 Å². The molecule has 2 aromatic rings. The summed E-state index contributed by atoms with van der Waals surface area (Å²) < 4.78 is 19.0. The molecular formula is C18H16FN3O4S. The van der Waals surface area contributed by atoms with Crippen LogP contribution >= 0.6 is 11.8 Å². The molecule has 1 aliphatic heterocycles. The Morgan fingerprint density at radius 1 is 1.07 bits per heavy atom. The number of para-hydroxylation sites is 2. The highest BCUT2D eigenvalue weighted by Crippen LogP contribution is 2.29. The molecule has 0 unspecified atom stereocenters. The predicted molar refractivity (Wildman–Crippen MR) is 97.5 cm³/mol. The number of halogens is 1. The van der Waals surface area contributed by atoms with Gasteiger partial charge in [-0.3, -0.25) is 25.2 Å². The molecule has 1 aliphatic rings. The average molecular weight is 389 g/mol. The quantitative estimate of drug-likeness (QED) is 0.536. The zero-order valence-corrected chi connectivity index (χ0v) is 14.8. The Bertz CT molecular complexity index is 877. The summed E-state index contributed by atoms with van der Waals surface area (Å²) in [5.41, 5.74) is 4.99. The molecule has 1 heterocycles. The molecule has 0 radical (unpaired) electrons. The number of hydrazine groups is 1. The molecule has 3 amide bonds. The number of anilines is 1. The van der Waals surface area contributed by atoms with E-state index in [0.717, 1.165) is 11.8 Å². The number of ether oxygens (including phenoxy) is 1. The first-order chi connectivity index (χ1) is 13.0. The largest absolute Gasteiger partial charge is 0.478 e. The molecule has 0 saturated carbocycles. The molecule has 0 aromatic heterocycles. The number of rotatable bonds is 5. The zero-order valence-electron chi connectivity index (χ0n) is 14.0. The second-order valence-electron chi connectivity index (χ2n) is 5.61. The highest BCUT2D eigenvalue weighted by atomic mass is 32.2. The fourth-order valence-electron chi connectivity index (χ4n) is 2.33. The van der Waals surface area contributed by atoms with E-state index < -0.39 is 29.6 Å². The Morgan fingerprint density at radius 2 is 1.78 bits per heavy atom. The minimum Gasteiger partial charge on any atom is -0.478 e. The number of carbonyl (C=O) groups excluding carboxylic acids is 3. The van der Waals surface area contributed by atoms with Gasteiger partial charge in [0.05, 0.1) is 17.9 Å². The van der Waals surface area contributed by atoms with Gasteiger partial charge in [-0.1, -0.05) is 24.3 Å². The molecule has 9 heteroatoms. The van der Waals surface area contributed by atoms with Crippen LogP contribution in [0.3, 0.4) is 0 Å². The van der Waals surface area contributed by atoms with Gasteiger partial charge >= 0.3 is 0 Å². The van der Waals surface area contributed by atoms with Gasteiger partial charge in [-0.05, 0) is 24.3 Å². The van der Waals surface area contributed by atoms with E-state index in [0.29, 0.717) is 16.3 Å². The molecule has 3 rings (SSSR count). The van der Waals surface area contributed by atoms with Crippen LogP contribution in [0.2, 0.25) is 0 Å². The van der Waals surface area contributed by atoms with E-state index in [2.05, 4.69) is 16.2 Å². The lowest BCUT2D eigenvalue weighted by molar-refractivity contribution is -0.132. The summed E-state index contributed by atoms with van der Waals surface area (Å²) in [5, 5.41) is 2.65. The highest BCUT2D eigenvalue weighted by Gasteiger charge is 2.29. The molecule has 0 bridgehead atoms. The van der Waals surface area contributed by atoms with Crippen LogP contribution < -0.4 is 20.9 Å². The lowest BCUT2D eigenvalue weighted by Gasteiger charge is -2.25. The first kappa shape index (κ1) is 18.7. The maximum Gasteiger partial charge on any atom is 0.266 e. The Kier molecular flexibility index (Phi) is 5.92. The monoisotopic (exact) mass is 389 g/mol. The summed E-state index contributed by atoms with van der Waals surface area (Å²) >= 11 is 1.01. The molecule has 0 fully saturated rings. The van der Waals surface area contributed by atoms with Gasteiger partial charge < -0.3 is 10.1 Å². The van der Waals surface area contributed by atoms with Crippen LogP contribution in [0, 0.1) is 5.82 Å². The Morgan fingerprint density at radius 3 is 2.59 bits per heavy atom. The fourth-order valence-corrected chi connectivity index (χ4v) is 3.07. The molecule has 2 aromatic carbocycles. The van der Waals surface area contributed by atoms with E-state index in [1.807, 2.05) is 0 Å². The van der Waals surface area contributed by atoms with Crippen molar-refractivity contribution < 1.29 is 23.5 Å². The third-order valence-corrected chi connectivity index (χ3v) is 4.66. The molecule has 140 valence electrons. The molecule has 3 N–H and O–H groups in total. The zero-order chi connectivity index (χ0) is 19.2. The van der Waals surface area contributed by atoms with Crippen molar-refractivity contribution in [3.05, 3.63) is 54.3 Å². The fraction of sp³-hybridized carbons (Fsp3) is 0.167. The number of nitrogens with one attached hydrogen (secondary N) is 3. The second-order valence-corrected chi connectivity index (χ2v) is 6.63. The number of thioether (sulfide) groups is 1. The van der Waals surface area contributed by atoms with E-state index in [1.165, 1.54) is 6.07 Å². The lowest BCUT2D eigenvalue weighted by Crippen LogP contribution is -2.46. The van der Waals surface area contributed by atoms with E-state index in [1.54, 1.807) is 42.5 Å². The third-order valence-electron chi connectivity index (χ3n) is 3.61. The number of carbonyl (C=O) groups is 3. The standard InChI is InChI=1S/C18H16FN3O4S/c19-11-5-1-4-8-15(11)27-10-17(24)22-21-16(23)9-14-18(25)20-12-6-2-3-7-13(12)26-14/h1-8,14H,9-10H2,(H,20,25)(H,21,23)(H,22,24)/t14-/m1/s1. The Hall–Kier alpha value is -3.07. The van der Waals surface area contributed by atoms with Crippen molar-refractivity contribution in [1.82, 2.24) is 10.9 Å². The Labute approximate surface area is 158 Å². The van der Waals surface area contributed by atoms with Gasteiger partial charge in [-0.25, -0.2) is 4.39 Å². The minimum atomic E-state index is -0.996. The Balaban J connectivity index is 1.44. The number of amides is 3. The van der Waals surface area contributed by atoms with Crippen molar-refractivity contribution in [2.45, 2.75) is 17.4 Å². The van der Waals surface area contributed by atoms with E-state index in [9.17, 15) is 18.8 Å². The minimum absolute atomic E-state index is 0.0744. The molecule has 0 spiro atoms.